The van der Waals surface area contributed by atoms with Gasteiger partial charge in [-0.15, -0.1) is 0 Å². The van der Waals surface area contributed by atoms with Crippen molar-refractivity contribution in [1.82, 2.24) is 9.80 Å². The Morgan fingerprint density at radius 2 is 1.89 bits per heavy atom. The van der Waals surface area contributed by atoms with Crippen LogP contribution in [0.25, 0.3) is 5.57 Å². The zero-order chi connectivity index (χ0) is 20.3. The first kappa shape index (κ1) is 20.0. The molecule has 0 aromatic heterocycles. The quantitative estimate of drug-likeness (QED) is 0.846. The summed E-state index contributed by atoms with van der Waals surface area (Å²) in [5.74, 6) is -1.02. The third kappa shape index (κ3) is 3.64. The summed E-state index contributed by atoms with van der Waals surface area (Å²) < 4.78 is 28.3. The highest BCUT2D eigenvalue weighted by molar-refractivity contribution is 5.83. The fourth-order valence-electron chi connectivity index (χ4n) is 3.80. The van der Waals surface area contributed by atoms with Gasteiger partial charge in [0.2, 0.25) is 0 Å². The van der Waals surface area contributed by atoms with Crippen molar-refractivity contribution < 1.29 is 13.6 Å². The van der Waals surface area contributed by atoms with Gasteiger partial charge >= 0.3 is 6.03 Å². The van der Waals surface area contributed by atoms with Gasteiger partial charge < -0.3 is 15.5 Å². The highest BCUT2D eigenvalue weighted by Crippen LogP contribution is 2.44. The van der Waals surface area contributed by atoms with Gasteiger partial charge in [0.25, 0.3) is 0 Å². The van der Waals surface area contributed by atoms with Gasteiger partial charge in [-0.05, 0) is 54.8 Å². The van der Waals surface area contributed by atoms with Crippen molar-refractivity contribution in [3.63, 3.8) is 0 Å². The molecule has 28 heavy (non-hydrogen) atoms. The van der Waals surface area contributed by atoms with Crippen LogP contribution < -0.4 is 5.73 Å². The molecule has 0 bridgehead atoms. The lowest BCUT2D eigenvalue weighted by molar-refractivity contribution is 0.130. The minimum atomic E-state index is -0.768. The first-order valence-electron chi connectivity index (χ1n) is 9.30. The van der Waals surface area contributed by atoms with Crippen molar-refractivity contribution >= 4 is 11.6 Å². The topological polar surface area (TPSA) is 49.6 Å². The zero-order valence-electron chi connectivity index (χ0n) is 16.2. The Balaban J connectivity index is 2.18. The van der Waals surface area contributed by atoms with Gasteiger partial charge in [-0.1, -0.05) is 30.3 Å². The molecule has 1 aliphatic rings. The molecule has 2 aromatic rings. The second-order valence-corrected chi connectivity index (χ2v) is 7.24. The summed E-state index contributed by atoms with van der Waals surface area (Å²) in [6, 6.07) is 12.8. The summed E-state index contributed by atoms with van der Waals surface area (Å²) >= 11 is 0. The standard InChI is InChI=1S/C22H25F2N3O/c1-26(2)21(28)27-15-16(19-13-18(23)9-10-20(19)24)14-22(27,11-6-12-25)17-7-4-3-5-8-17/h3-5,7-10,13-14H,6,11-12,15,25H2,1-2H3. The van der Waals surface area contributed by atoms with Gasteiger partial charge in [-0.3, -0.25) is 0 Å². The maximum absolute atomic E-state index is 14.5. The van der Waals surface area contributed by atoms with Crippen LogP contribution in [0.15, 0.2) is 54.6 Å². The van der Waals surface area contributed by atoms with Crippen LogP contribution in [0.4, 0.5) is 13.6 Å². The maximum Gasteiger partial charge on any atom is 0.320 e. The van der Waals surface area contributed by atoms with Crippen LogP contribution >= 0.6 is 0 Å². The van der Waals surface area contributed by atoms with E-state index in [9.17, 15) is 13.6 Å². The lowest BCUT2D eigenvalue weighted by atomic mass is 9.84. The van der Waals surface area contributed by atoms with Crippen LogP contribution in [0, 0.1) is 11.6 Å². The second kappa shape index (κ2) is 8.10. The number of carbonyl (C=O) groups is 1. The number of rotatable bonds is 5. The van der Waals surface area contributed by atoms with E-state index in [2.05, 4.69) is 0 Å². The molecule has 1 atom stereocenters. The summed E-state index contributed by atoms with van der Waals surface area (Å²) in [7, 11) is 3.36. The fourth-order valence-corrected chi connectivity index (χ4v) is 3.80. The number of nitrogens with two attached hydrogens (primary N) is 1. The van der Waals surface area contributed by atoms with Gasteiger partial charge in [0.1, 0.15) is 11.6 Å². The normalized spacial score (nSPS) is 18.9. The van der Waals surface area contributed by atoms with E-state index in [1.807, 2.05) is 36.4 Å². The van der Waals surface area contributed by atoms with Crippen LogP contribution in [-0.4, -0.2) is 43.0 Å². The van der Waals surface area contributed by atoms with E-state index in [4.69, 9.17) is 5.73 Å². The average Bonchev–Trinajstić information content (AvgIpc) is 3.08. The Kier molecular flexibility index (Phi) is 5.79. The Hall–Kier alpha value is -2.73. The fraction of sp³-hybridized carbons (Fsp3) is 0.318. The summed E-state index contributed by atoms with van der Waals surface area (Å²) in [6.45, 7) is 0.660. The molecule has 6 heteroatoms. The highest BCUT2D eigenvalue weighted by atomic mass is 19.1. The minimum Gasteiger partial charge on any atom is -0.331 e. The minimum absolute atomic E-state index is 0.183. The molecule has 2 amide bonds. The van der Waals surface area contributed by atoms with E-state index >= 15 is 0 Å². The van der Waals surface area contributed by atoms with Gasteiger partial charge in [0.05, 0.1) is 5.54 Å². The molecule has 3 rings (SSSR count). The number of carbonyl (C=O) groups excluding carboxylic acids is 1. The predicted molar refractivity (Wildman–Crippen MR) is 107 cm³/mol. The van der Waals surface area contributed by atoms with Crippen LogP contribution in [0.5, 0.6) is 0 Å². The zero-order valence-corrected chi connectivity index (χ0v) is 16.2. The van der Waals surface area contributed by atoms with Crippen molar-refractivity contribution in [1.29, 1.82) is 0 Å². The molecular formula is C22H25F2N3O. The van der Waals surface area contributed by atoms with E-state index < -0.39 is 17.2 Å². The van der Waals surface area contributed by atoms with Crippen LogP contribution in [0.3, 0.4) is 0 Å². The average molecular weight is 385 g/mol. The van der Waals surface area contributed by atoms with Gasteiger partial charge in [0, 0.05) is 26.2 Å². The van der Waals surface area contributed by atoms with E-state index in [0.717, 1.165) is 17.7 Å². The molecule has 0 saturated heterocycles. The molecule has 2 aromatic carbocycles. The van der Waals surface area contributed by atoms with E-state index in [0.29, 0.717) is 25.0 Å². The SMILES string of the molecule is CN(C)C(=O)N1CC(c2cc(F)ccc2F)=CC1(CCCN)c1ccccc1. The molecule has 0 radical (unpaired) electrons. The molecule has 148 valence electrons. The molecule has 1 heterocycles. The summed E-state index contributed by atoms with van der Waals surface area (Å²) in [5, 5.41) is 0. The summed E-state index contributed by atoms with van der Waals surface area (Å²) in [6.07, 6.45) is 3.17. The number of nitrogens with zero attached hydrogens (tertiary/aromatic N) is 2. The van der Waals surface area contributed by atoms with Crippen LogP contribution in [0.1, 0.15) is 24.0 Å². The molecule has 0 fully saturated rings. The number of amides is 2. The maximum atomic E-state index is 14.5. The lowest BCUT2D eigenvalue weighted by Gasteiger charge is -2.40. The number of halogens is 2. The Labute approximate surface area is 164 Å². The van der Waals surface area contributed by atoms with Crippen LogP contribution in [-0.2, 0) is 5.54 Å². The van der Waals surface area contributed by atoms with Crippen molar-refractivity contribution in [2.45, 2.75) is 18.4 Å². The molecule has 0 spiro atoms. The molecule has 1 unspecified atom stereocenters. The van der Waals surface area contributed by atoms with E-state index in [-0.39, 0.29) is 18.1 Å². The smallest absolute Gasteiger partial charge is 0.320 e. The second-order valence-electron chi connectivity index (χ2n) is 7.24. The summed E-state index contributed by atoms with van der Waals surface area (Å²) in [5.41, 5.74) is 6.70. The number of urea groups is 1. The van der Waals surface area contributed by atoms with Gasteiger partial charge in [-0.25, -0.2) is 13.6 Å². The van der Waals surface area contributed by atoms with Crippen molar-refractivity contribution in [2.75, 3.05) is 27.2 Å². The molecule has 1 aliphatic heterocycles. The third-order valence-electron chi connectivity index (χ3n) is 5.15. The van der Waals surface area contributed by atoms with Crippen LogP contribution in [0.2, 0.25) is 0 Å². The molecule has 2 N–H and O–H groups in total. The molecule has 0 saturated carbocycles. The Morgan fingerprint density at radius 3 is 2.54 bits per heavy atom. The first-order valence-corrected chi connectivity index (χ1v) is 9.30. The van der Waals surface area contributed by atoms with E-state index in [1.165, 1.54) is 11.0 Å². The Bertz CT molecular complexity index is 883. The summed E-state index contributed by atoms with van der Waals surface area (Å²) in [4.78, 5) is 16.3. The predicted octanol–water partition coefficient (Wildman–Crippen LogP) is 3.98. The van der Waals surface area contributed by atoms with Crippen molar-refractivity contribution in [2.24, 2.45) is 5.73 Å². The lowest BCUT2D eigenvalue weighted by Crippen LogP contribution is -2.49. The van der Waals surface area contributed by atoms with Crippen molar-refractivity contribution in [3.8, 4) is 0 Å². The highest BCUT2D eigenvalue weighted by Gasteiger charge is 2.45. The Morgan fingerprint density at radius 1 is 1.18 bits per heavy atom. The van der Waals surface area contributed by atoms with Gasteiger partial charge in [-0.2, -0.15) is 0 Å². The number of hydrogen-bond donors (Lipinski definition) is 1. The van der Waals surface area contributed by atoms with Crippen molar-refractivity contribution in [3.05, 3.63) is 77.4 Å². The van der Waals surface area contributed by atoms with E-state index in [1.54, 1.807) is 19.0 Å². The first-order chi connectivity index (χ1) is 13.4. The number of benzene rings is 2. The largest absolute Gasteiger partial charge is 0.331 e. The molecule has 4 nitrogen and oxygen atoms in total. The monoisotopic (exact) mass is 385 g/mol. The molecular weight excluding hydrogens is 360 g/mol. The number of hydrogen-bond acceptors (Lipinski definition) is 2. The molecule has 0 aliphatic carbocycles. The van der Waals surface area contributed by atoms with Gasteiger partial charge in [0.15, 0.2) is 0 Å². The third-order valence-corrected chi connectivity index (χ3v) is 5.15.